The summed E-state index contributed by atoms with van der Waals surface area (Å²) in [6, 6.07) is 4.98. The summed E-state index contributed by atoms with van der Waals surface area (Å²) >= 11 is 5.94. The van der Waals surface area contributed by atoms with Crippen molar-refractivity contribution in [2.75, 3.05) is 5.32 Å². The quantitative estimate of drug-likeness (QED) is 0.869. The van der Waals surface area contributed by atoms with Crippen LogP contribution in [0.1, 0.15) is 16.1 Å². The van der Waals surface area contributed by atoms with Crippen molar-refractivity contribution < 1.29 is 4.79 Å². The average Bonchev–Trinajstić information content (AvgIpc) is 2.72. The van der Waals surface area contributed by atoms with Crippen molar-refractivity contribution in [2.24, 2.45) is 12.8 Å². The van der Waals surface area contributed by atoms with Crippen molar-refractivity contribution in [1.82, 2.24) is 15.0 Å². The molecule has 0 fully saturated rings. The minimum Gasteiger partial charge on any atom is -0.379 e. The molecule has 0 bridgehead atoms. The minimum absolute atomic E-state index is 0.307. The van der Waals surface area contributed by atoms with E-state index in [1.165, 1.54) is 0 Å². The summed E-state index contributed by atoms with van der Waals surface area (Å²) in [5.41, 5.74) is 7.08. The van der Waals surface area contributed by atoms with Crippen LogP contribution in [0.15, 0.2) is 24.4 Å². The maximum absolute atomic E-state index is 11.0. The van der Waals surface area contributed by atoms with Gasteiger partial charge in [-0.1, -0.05) is 16.8 Å². The van der Waals surface area contributed by atoms with Gasteiger partial charge in [0.05, 0.1) is 17.1 Å². The van der Waals surface area contributed by atoms with Crippen LogP contribution in [0.25, 0.3) is 0 Å². The second-order valence-corrected chi connectivity index (χ2v) is 4.20. The Morgan fingerprint density at radius 3 is 2.89 bits per heavy atom. The molecule has 7 heteroatoms. The number of carbonyl (C=O) groups is 1. The Labute approximate surface area is 109 Å². The molecule has 2 aromatic rings. The highest BCUT2D eigenvalue weighted by Crippen LogP contribution is 2.20. The van der Waals surface area contributed by atoms with Crippen LogP contribution in [0, 0.1) is 0 Å². The molecule has 0 saturated carbocycles. The van der Waals surface area contributed by atoms with E-state index < -0.39 is 5.91 Å². The van der Waals surface area contributed by atoms with Gasteiger partial charge in [0.15, 0.2) is 0 Å². The number of benzene rings is 1. The number of carbonyl (C=O) groups excluding carboxylic acids is 1. The smallest absolute Gasteiger partial charge is 0.250 e. The first-order valence-electron chi connectivity index (χ1n) is 5.24. The lowest BCUT2D eigenvalue weighted by atomic mass is 10.2. The van der Waals surface area contributed by atoms with Gasteiger partial charge in [0.25, 0.3) is 0 Å². The number of aromatic nitrogens is 3. The first-order chi connectivity index (χ1) is 8.56. The molecule has 0 aliphatic rings. The highest BCUT2D eigenvalue weighted by molar-refractivity contribution is 6.34. The van der Waals surface area contributed by atoms with E-state index in [2.05, 4.69) is 15.6 Å². The van der Waals surface area contributed by atoms with E-state index in [-0.39, 0.29) is 0 Å². The SMILES string of the molecule is Cn1cc(CNc2ccc(C(N)=O)c(Cl)c2)nn1. The second kappa shape index (κ2) is 5.05. The second-order valence-electron chi connectivity index (χ2n) is 3.80. The highest BCUT2D eigenvalue weighted by Gasteiger charge is 2.07. The maximum Gasteiger partial charge on any atom is 0.250 e. The summed E-state index contributed by atoms with van der Waals surface area (Å²) in [5.74, 6) is -0.541. The summed E-state index contributed by atoms with van der Waals surface area (Å²) in [7, 11) is 1.80. The molecule has 0 radical (unpaired) electrons. The molecule has 0 saturated heterocycles. The number of aryl methyl sites for hydroxylation is 1. The monoisotopic (exact) mass is 265 g/mol. The van der Waals surface area contributed by atoms with E-state index in [1.54, 1.807) is 29.9 Å². The van der Waals surface area contributed by atoms with Crippen molar-refractivity contribution in [3.8, 4) is 0 Å². The predicted molar refractivity (Wildman–Crippen MR) is 68.3 cm³/mol. The Bertz CT molecular complexity index is 581. The first-order valence-corrected chi connectivity index (χ1v) is 5.62. The van der Waals surface area contributed by atoms with Gasteiger partial charge in [-0.25, -0.2) is 0 Å². The van der Waals surface area contributed by atoms with Crippen LogP contribution in [0.4, 0.5) is 5.69 Å². The molecular formula is C11H12ClN5O. The van der Waals surface area contributed by atoms with Gasteiger partial charge in [0, 0.05) is 18.9 Å². The fourth-order valence-electron chi connectivity index (χ4n) is 1.49. The molecule has 94 valence electrons. The highest BCUT2D eigenvalue weighted by atomic mass is 35.5. The zero-order valence-corrected chi connectivity index (χ0v) is 10.5. The number of rotatable bonds is 4. The molecule has 2 rings (SSSR count). The number of nitrogens with one attached hydrogen (secondary N) is 1. The molecule has 0 aliphatic carbocycles. The van der Waals surface area contributed by atoms with Crippen molar-refractivity contribution in [3.05, 3.63) is 40.7 Å². The zero-order valence-electron chi connectivity index (χ0n) is 9.72. The topological polar surface area (TPSA) is 85.8 Å². The van der Waals surface area contributed by atoms with Crippen LogP contribution >= 0.6 is 11.6 Å². The minimum atomic E-state index is -0.541. The molecule has 18 heavy (non-hydrogen) atoms. The Kier molecular flexibility index (Phi) is 3.47. The van der Waals surface area contributed by atoms with E-state index in [0.29, 0.717) is 17.1 Å². The van der Waals surface area contributed by atoms with Gasteiger partial charge in [-0.2, -0.15) is 0 Å². The van der Waals surface area contributed by atoms with Crippen molar-refractivity contribution >= 4 is 23.2 Å². The summed E-state index contributed by atoms with van der Waals surface area (Å²) < 4.78 is 1.63. The first kappa shape index (κ1) is 12.4. The number of hydrogen-bond donors (Lipinski definition) is 2. The van der Waals surface area contributed by atoms with Crippen LogP contribution in [0.3, 0.4) is 0 Å². The lowest BCUT2D eigenvalue weighted by Crippen LogP contribution is -2.11. The predicted octanol–water partition coefficient (Wildman–Crippen LogP) is 1.18. The molecule has 6 nitrogen and oxygen atoms in total. The normalized spacial score (nSPS) is 10.3. The lowest BCUT2D eigenvalue weighted by molar-refractivity contribution is 0.100. The summed E-state index contributed by atoms with van der Waals surface area (Å²) in [4.78, 5) is 11.0. The molecule has 1 aromatic carbocycles. The average molecular weight is 266 g/mol. The molecule has 1 aromatic heterocycles. The molecule has 0 aliphatic heterocycles. The zero-order chi connectivity index (χ0) is 13.1. The Balaban J connectivity index is 2.06. The van der Waals surface area contributed by atoms with Crippen molar-refractivity contribution in [1.29, 1.82) is 0 Å². The van der Waals surface area contributed by atoms with Crippen LogP contribution in [-0.2, 0) is 13.6 Å². The van der Waals surface area contributed by atoms with E-state index in [4.69, 9.17) is 17.3 Å². The van der Waals surface area contributed by atoms with Gasteiger partial charge in [0.1, 0.15) is 5.69 Å². The molecule has 0 unspecified atom stereocenters. The van der Waals surface area contributed by atoms with Gasteiger partial charge in [-0.05, 0) is 18.2 Å². The number of amides is 1. The summed E-state index contributed by atoms with van der Waals surface area (Å²) in [6.07, 6.45) is 1.81. The lowest BCUT2D eigenvalue weighted by Gasteiger charge is -2.06. The third kappa shape index (κ3) is 2.78. The van der Waals surface area contributed by atoms with Gasteiger partial charge in [-0.3, -0.25) is 9.48 Å². The molecule has 0 spiro atoms. The largest absolute Gasteiger partial charge is 0.379 e. The van der Waals surface area contributed by atoms with Crippen molar-refractivity contribution in [2.45, 2.75) is 6.54 Å². The van der Waals surface area contributed by atoms with Crippen LogP contribution in [0.2, 0.25) is 5.02 Å². The molecular weight excluding hydrogens is 254 g/mol. The van der Waals surface area contributed by atoms with Gasteiger partial charge < -0.3 is 11.1 Å². The standard InChI is InChI=1S/C11H12ClN5O/c1-17-6-8(15-16-17)5-14-7-2-3-9(11(13)18)10(12)4-7/h2-4,6,14H,5H2,1H3,(H2,13,18). The fourth-order valence-corrected chi connectivity index (χ4v) is 1.77. The van der Waals surface area contributed by atoms with Crippen LogP contribution in [0.5, 0.6) is 0 Å². The van der Waals surface area contributed by atoms with Crippen LogP contribution in [-0.4, -0.2) is 20.9 Å². The van der Waals surface area contributed by atoms with Crippen molar-refractivity contribution in [3.63, 3.8) is 0 Å². The van der Waals surface area contributed by atoms with E-state index >= 15 is 0 Å². The number of nitrogens with zero attached hydrogens (tertiary/aromatic N) is 3. The number of primary amides is 1. The number of halogens is 1. The van der Waals surface area contributed by atoms with Gasteiger partial charge >= 0.3 is 0 Å². The Morgan fingerprint density at radius 1 is 1.56 bits per heavy atom. The molecule has 1 amide bonds. The molecule has 1 heterocycles. The Morgan fingerprint density at radius 2 is 2.33 bits per heavy atom. The van der Waals surface area contributed by atoms with Gasteiger partial charge in [-0.15, -0.1) is 5.10 Å². The fraction of sp³-hybridized carbons (Fsp3) is 0.182. The molecule has 0 atom stereocenters. The maximum atomic E-state index is 11.0. The number of anilines is 1. The number of hydrogen-bond acceptors (Lipinski definition) is 4. The van der Waals surface area contributed by atoms with E-state index in [9.17, 15) is 4.79 Å². The molecule has 3 N–H and O–H groups in total. The summed E-state index contributed by atoms with van der Waals surface area (Å²) in [6.45, 7) is 0.528. The van der Waals surface area contributed by atoms with Gasteiger partial charge in [0.2, 0.25) is 5.91 Å². The third-order valence-corrected chi connectivity index (χ3v) is 2.67. The third-order valence-electron chi connectivity index (χ3n) is 2.36. The Hall–Kier alpha value is -2.08. The number of nitrogens with two attached hydrogens (primary N) is 1. The summed E-state index contributed by atoms with van der Waals surface area (Å²) in [5, 5.41) is 11.2. The van der Waals surface area contributed by atoms with Crippen LogP contribution < -0.4 is 11.1 Å². The van der Waals surface area contributed by atoms with E-state index in [0.717, 1.165) is 11.4 Å². The van der Waals surface area contributed by atoms with E-state index in [1.807, 2.05) is 6.20 Å².